The van der Waals surface area contributed by atoms with Crippen molar-refractivity contribution in [3.05, 3.63) is 28.2 Å². The topological polar surface area (TPSA) is 61.9 Å². The van der Waals surface area contributed by atoms with E-state index in [0.717, 1.165) is 12.8 Å². The first-order valence-electron chi connectivity index (χ1n) is 8.38. The molecule has 1 aromatic carbocycles. The fourth-order valence-electron chi connectivity index (χ4n) is 2.68. The molecule has 1 saturated carbocycles. The van der Waals surface area contributed by atoms with E-state index in [1.165, 1.54) is 0 Å². The number of hydrogen-bond acceptors (Lipinski definition) is 4. The number of hydrogen-bond donors (Lipinski definition) is 1. The molecule has 0 atom stereocenters. The minimum Gasteiger partial charge on any atom is -0.482 e. The van der Waals surface area contributed by atoms with Gasteiger partial charge in [-0.1, -0.05) is 23.2 Å². The van der Waals surface area contributed by atoms with Crippen molar-refractivity contribution < 1.29 is 14.3 Å². The first-order valence-corrected chi connectivity index (χ1v) is 9.14. The molecule has 0 bridgehead atoms. The van der Waals surface area contributed by atoms with Crippen LogP contribution >= 0.6 is 23.2 Å². The Morgan fingerprint density at radius 2 is 1.88 bits per heavy atom. The molecule has 0 radical (unpaired) electrons. The lowest BCUT2D eigenvalue weighted by Crippen LogP contribution is -2.52. The predicted molar refractivity (Wildman–Crippen MR) is 96.1 cm³/mol. The summed E-state index contributed by atoms with van der Waals surface area (Å²) >= 11 is 11.9. The number of carbonyl (C=O) groups excluding carboxylic acids is 2. The van der Waals surface area contributed by atoms with E-state index >= 15 is 0 Å². The van der Waals surface area contributed by atoms with E-state index in [0.29, 0.717) is 54.6 Å². The molecule has 1 aliphatic carbocycles. The highest BCUT2D eigenvalue weighted by Crippen LogP contribution is 2.27. The van der Waals surface area contributed by atoms with Crippen molar-refractivity contribution >= 4 is 35.0 Å². The smallest absolute Gasteiger partial charge is 0.260 e. The normalized spacial score (nSPS) is 18.1. The molecule has 1 heterocycles. The Bertz CT molecular complexity index is 644. The van der Waals surface area contributed by atoms with Crippen molar-refractivity contribution in [2.24, 2.45) is 0 Å². The van der Waals surface area contributed by atoms with E-state index in [1.54, 1.807) is 23.1 Å². The summed E-state index contributed by atoms with van der Waals surface area (Å²) < 4.78 is 5.49. The first kappa shape index (κ1) is 18.3. The second-order valence-electron chi connectivity index (χ2n) is 6.36. The summed E-state index contributed by atoms with van der Waals surface area (Å²) in [5.74, 6) is 0.422. The third-order valence-corrected chi connectivity index (χ3v) is 4.81. The van der Waals surface area contributed by atoms with Crippen LogP contribution < -0.4 is 10.1 Å². The summed E-state index contributed by atoms with van der Waals surface area (Å²) in [5.41, 5.74) is 0. The maximum absolute atomic E-state index is 12.3. The lowest BCUT2D eigenvalue weighted by atomic mass is 10.3. The number of amides is 2. The van der Waals surface area contributed by atoms with E-state index in [-0.39, 0.29) is 18.4 Å². The van der Waals surface area contributed by atoms with Gasteiger partial charge in [-0.05, 0) is 31.0 Å². The van der Waals surface area contributed by atoms with Crippen LogP contribution in [0.4, 0.5) is 0 Å². The van der Waals surface area contributed by atoms with Crippen LogP contribution in [0.15, 0.2) is 18.2 Å². The number of piperazine rings is 1. The lowest BCUT2D eigenvalue weighted by molar-refractivity contribution is -0.135. The predicted octanol–water partition coefficient (Wildman–Crippen LogP) is 1.80. The zero-order chi connectivity index (χ0) is 17.8. The second kappa shape index (κ2) is 8.25. The van der Waals surface area contributed by atoms with Crippen LogP contribution in [0.1, 0.15) is 12.8 Å². The van der Waals surface area contributed by atoms with Gasteiger partial charge in [0.2, 0.25) is 5.91 Å². The largest absolute Gasteiger partial charge is 0.482 e. The van der Waals surface area contributed by atoms with Gasteiger partial charge >= 0.3 is 0 Å². The van der Waals surface area contributed by atoms with Gasteiger partial charge in [-0.25, -0.2) is 0 Å². The summed E-state index contributed by atoms with van der Waals surface area (Å²) in [5, 5.41) is 3.88. The van der Waals surface area contributed by atoms with Crippen molar-refractivity contribution in [1.29, 1.82) is 0 Å². The monoisotopic (exact) mass is 385 g/mol. The zero-order valence-electron chi connectivity index (χ0n) is 13.8. The van der Waals surface area contributed by atoms with Gasteiger partial charge in [0.1, 0.15) is 5.75 Å². The maximum atomic E-state index is 12.3. The SMILES string of the molecule is O=C(CN1CCN(C(=O)COc2ccc(Cl)cc2Cl)CC1)NC1CC1. The van der Waals surface area contributed by atoms with Gasteiger partial charge in [0.25, 0.3) is 5.91 Å². The van der Waals surface area contributed by atoms with Gasteiger partial charge in [0, 0.05) is 37.2 Å². The van der Waals surface area contributed by atoms with Crippen molar-refractivity contribution in [2.75, 3.05) is 39.3 Å². The quantitative estimate of drug-likeness (QED) is 0.810. The van der Waals surface area contributed by atoms with E-state index < -0.39 is 0 Å². The van der Waals surface area contributed by atoms with Gasteiger partial charge in [-0.15, -0.1) is 0 Å². The molecular formula is C17H21Cl2N3O3. The average Bonchev–Trinajstić information content (AvgIpc) is 3.38. The molecule has 6 nitrogen and oxygen atoms in total. The molecule has 136 valence electrons. The van der Waals surface area contributed by atoms with Gasteiger partial charge in [0.05, 0.1) is 11.6 Å². The van der Waals surface area contributed by atoms with Crippen molar-refractivity contribution in [2.45, 2.75) is 18.9 Å². The van der Waals surface area contributed by atoms with Crippen LogP contribution in [0.25, 0.3) is 0 Å². The van der Waals surface area contributed by atoms with Gasteiger partial charge in [-0.2, -0.15) is 0 Å². The van der Waals surface area contributed by atoms with Crippen LogP contribution in [-0.2, 0) is 9.59 Å². The summed E-state index contributed by atoms with van der Waals surface area (Å²) in [6.07, 6.45) is 2.18. The van der Waals surface area contributed by atoms with E-state index in [4.69, 9.17) is 27.9 Å². The molecule has 25 heavy (non-hydrogen) atoms. The minimum atomic E-state index is -0.0897. The molecule has 0 spiro atoms. The van der Waals surface area contributed by atoms with Crippen LogP contribution in [0.3, 0.4) is 0 Å². The summed E-state index contributed by atoms with van der Waals surface area (Å²) in [6.45, 7) is 2.89. The molecule has 2 aliphatic rings. The summed E-state index contributed by atoms with van der Waals surface area (Å²) in [6, 6.07) is 5.27. The van der Waals surface area contributed by atoms with Crippen molar-refractivity contribution in [3.63, 3.8) is 0 Å². The van der Waals surface area contributed by atoms with Gasteiger partial charge in [0.15, 0.2) is 6.61 Å². The molecule has 8 heteroatoms. The maximum Gasteiger partial charge on any atom is 0.260 e. The van der Waals surface area contributed by atoms with Crippen LogP contribution in [0.2, 0.25) is 10.0 Å². The Morgan fingerprint density at radius 3 is 2.52 bits per heavy atom. The number of benzene rings is 1. The van der Waals surface area contributed by atoms with Crippen molar-refractivity contribution in [3.8, 4) is 5.75 Å². The lowest BCUT2D eigenvalue weighted by Gasteiger charge is -2.34. The highest BCUT2D eigenvalue weighted by molar-refractivity contribution is 6.35. The molecule has 1 saturated heterocycles. The number of nitrogens with zero attached hydrogens (tertiary/aromatic N) is 2. The molecule has 0 unspecified atom stereocenters. The van der Waals surface area contributed by atoms with E-state index in [2.05, 4.69) is 10.2 Å². The fourth-order valence-corrected chi connectivity index (χ4v) is 3.15. The van der Waals surface area contributed by atoms with Gasteiger partial charge in [-0.3, -0.25) is 14.5 Å². The zero-order valence-corrected chi connectivity index (χ0v) is 15.4. The summed E-state index contributed by atoms with van der Waals surface area (Å²) in [7, 11) is 0. The third-order valence-electron chi connectivity index (χ3n) is 4.28. The van der Waals surface area contributed by atoms with E-state index in [1.807, 2.05) is 0 Å². The molecule has 1 aromatic rings. The highest BCUT2D eigenvalue weighted by atomic mass is 35.5. The standard InChI is InChI=1S/C17H21Cl2N3O3/c18-12-1-4-15(14(19)9-12)25-11-17(24)22-7-5-21(6-8-22)10-16(23)20-13-2-3-13/h1,4,9,13H,2-3,5-8,10-11H2,(H,20,23). The third kappa shape index (κ3) is 5.49. The van der Waals surface area contributed by atoms with E-state index in [9.17, 15) is 9.59 Å². The average molecular weight is 386 g/mol. The van der Waals surface area contributed by atoms with Gasteiger partial charge < -0.3 is 15.0 Å². The molecular weight excluding hydrogens is 365 g/mol. The summed E-state index contributed by atoms with van der Waals surface area (Å²) in [4.78, 5) is 27.9. The molecule has 3 rings (SSSR count). The Kier molecular flexibility index (Phi) is 6.04. The van der Waals surface area contributed by atoms with Crippen molar-refractivity contribution in [1.82, 2.24) is 15.1 Å². The van der Waals surface area contributed by atoms with Crippen LogP contribution in [-0.4, -0.2) is 67.0 Å². The fraction of sp³-hybridized carbons (Fsp3) is 0.529. The Labute approximate surface area is 157 Å². The van der Waals surface area contributed by atoms with Crippen LogP contribution in [0.5, 0.6) is 5.75 Å². The first-order chi connectivity index (χ1) is 12.0. The minimum absolute atomic E-state index is 0.0660. The number of rotatable bonds is 6. The Balaban J connectivity index is 1.39. The number of nitrogens with one attached hydrogen (secondary N) is 1. The molecule has 1 N–H and O–H groups in total. The highest BCUT2D eigenvalue weighted by Gasteiger charge is 2.26. The Hall–Kier alpha value is -1.50. The molecule has 0 aromatic heterocycles. The number of carbonyl (C=O) groups is 2. The number of ether oxygens (including phenoxy) is 1. The number of halogens is 2. The molecule has 2 amide bonds. The molecule has 2 fully saturated rings. The second-order valence-corrected chi connectivity index (χ2v) is 7.21. The molecule has 1 aliphatic heterocycles. The Morgan fingerprint density at radius 1 is 1.16 bits per heavy atom. The van der Waals surface area contributed by atoms with Crippen LogP contribution in [0, 0.1) is 0 Å².